The maximum Gasteiger partial charge on any atom is 0.435 e. The Morgan fingerprint density at radius 3 is 2.04 bits per heavy atom. The van der Waals surface area contributed by atoms with Crippen LogP contribution < -0.4 is 0 Å². The molecule has 0 saturated carbocycles. The topological polar surface area (TPSA) is 136 Å². The zero-order chi connectivity index (χ0) is 20.8. The van der Waals surface area contributed by atoms with Gasteiger partial charge in [0.2, 0.25) is 0 Å². The van der Waals surface area contributed by atoms with Gasteiger partial charge in [-0.05, 0) is 53.7 Å². The van der Waals surface area contributed by atoms with Gasteiger partial charge >= 0.3 is 18.0 Å². The molecule has 0 unspecified atom stereocenters. The number of esters is 1. The largest absolute Gasteiger partial charge is 0.477 e. The van der Waals surface area contributed by atoms with Gasteiger partial charge in [0, 0.05) is 12.4 Å². The SMILES string of the molecule is CC(C)(C)OC(=O)c1ccn(C(=O)OC(C)(C)C)n1.O=C(O)c1ccn[nH]1. The zero-order valence-electron chi connectivity index (χ0n) is 16.1. The molecule has 0 aliphatic carbocycles. The number of nitrogens with one attached hydrogen (secondary N) is 1. The van der Waals surface area contributed by atoms with Gasteiger partial charge in [-0.15, -0.1) is 0 Å². The number of ether oxygens (including phenoxy) is 2. The summed E-state index contributed by atoms with van der Waals surface area (Å²) in [5.41, 5.74) is -1.03. The van der Waals surface area contributed by atoms with E-state index in [-0.39, 0.29) is 11.4 Å². The first-order chi connectivity index (χ1) is 12.3. The van der Waals surface area contributed by atoms with Crippen LogP contribution in [-0.4, -0.2) is 54.3 Å². The predicted molar refractivity (Wildman–Crippen MR) is 94.6 cm³/mol. The third-order valence-corrected chi connectivity index (χ3v) is 2.51. The fraction of sp³-hybridized carbons (Fsp3) is 0.471. The summed E-state index contributed by atoms with van der Waals surface area (Å²) in [6, 6.07) is 2.81. The van der Waals surface area contributed by atoms with E-state index in [1.807, 2.05) is 0 Å². The highest BCUT2D eigenvalue weighted by molar-refractivity contribution is 5.88. The van der Waals surface area contributed by atoms with Crippen molar-refractivity contribution in [1.29, 1.82) is 0 Å². The standard InChI is InChI=1S/C13H20N2O4.C4H4N2O2/c1-12(2,3)18-10(16)9-7-8-15(14-9)11(17)19-13(4,5)6;7-4(8)3-1-2-5-6-3/h7-8H,1-6H3;1-2H,(H,5,6)(H,7,8). The molecule has 0 amide bonds. The Morgan fingerprint density at radius 1 is 1.04 bits per heavy atom. The average molecular weight is 380 g/mol. The monoisotopic (exact) mass is 380 g/mol. The first kappa shape index (κ1) is 21.9. The third kappa shape index (κ3) is 8.17. The van der Waals surface area contributed by atoms with E-state index < -0.39 is 29.2 Å². The fourth-order valence-electron chi connectivity index (χ4n) is 1.55. The van der Waals surface area contributed by atoms with E-state index in [1.54, 1.807) is 41.5 Å². The molecular weight excluding hydrogens is 356 g/mol. The van der Waals surface area contributed by atoms with Gasteiger partial charge in [0.25, 0.3) is 0 Å². The summed E-state index contributed by atoms with van der Waals surface area (Å²) in [7, 11) is 0. The number of carboxylic acids is 1. The van der Waals surface area contributed by atoms with Crippen molar-refractivity contribution in [3.05, 3.63) is 35.9 Å². The first-order valence-electron chi connectivity index (χ1n) is 8.03. The van der Waals surface area contributed by atoms with Crippen LogP contribution in [0.25, 0.3) is 0 Å². The van der Waals surface area contributed by atoms with Crippen LogP contribution in [0.15, 0.2) is 24.5 Å². The van der Waals surface area contributed by atoms with E-state index in [9.17, 15) is 14.4 Å². The molecule has 2 heterocycles. The first-order valence-corrected chi connectivity index (χ1v) is 8.03. The zero-order valence-corrected chi connectivity index (χ0v) is 16.1. The molecule has 0 fully saturated rings. The molecule has 2 aromatic heterocycles. The van der Waals surface area contributed by atoms with Crippen LogP contribution in [0.3, 0.4) is 0 Å². The second-order valence-electron chi connectivity index (χ2n) is 7.40. The molecule has 10 nitrogen and oxygen atoms in total. The summed E-state index contributed by atoms with van der Waals surface area (Å²) >= 11 is 0. The van der Waals surface area contributed by atoms with Crippen LogP contribution in [0.2, 0.25) is 0 Å². The minimum Gasteiger partial charge on any atom is -0.477 e. The van der Waals surface area contributed by atoms with Crippen molar-refractivity contribution >= 4 is 18.0 Å². The molecule has 0 saturated heterocycles. The van der Waals surface area contributed by atoms with Gasteiger partial charge in [-0.3, -0.25) is 5.10 Å². The number of carboxylic acid groups (broad SMARTS) is 1. The van der Waals surface area contributed by atoms with Crippen molar-refractivity contribution in [2.24, 2.45) is 0 Å². The van der Waals surface area contributed by atoms with Crippen LogP contribution in [0, 0.1) is 0 Å². The molecular formula is C17H24N4O6. The second kappa shape index (κ2) is 8.47. The van der Waals surface area contributed by atoms with Gasteiger partial charge in [0.05, 0.1) is 0 Å². The number of nitrogens with zero attached hydrogens (tertiary/aromatic N) is 3. The van der Waals surface area contributed by atoms with Crippen LogP contribution in [0.5, 0.6) is 0 Å². The summed E-state index contributed by atoms with van der Waals surface area (Å²) < 4.78 is 11.3. The van der Waals surface area contributed by atoms with Gasteiger partial charge < -0.3 is 14.6 Å². The quantitative estimate of drug-likeness (QED) is 0.759. The smallest absolute Gasteiger partial charge is 0.435 e. The number of hydrogen-bond donors (Lipinski definition) is 2. The average Bonchev–Trinajstić information content (AvgIpc) is 3.16. The summed E-state index contributed by atoms with van der Waals surface area (Å²) in [5, 5.41) is 17.8. The Morgan fingerprint density at radius 2 is 1.63 bits per heavy atom. The van der Waals surface area contributed by atoms with Crippen molar-refractivity contribution in [3.8, 4) is 0 Å². The Labute approximate surface area is 156 Å². The van der Waals surface area contributed by atoms with E-state index >= 15 is 0 Å². The Kier molecular flexibility index (Phi) is 6.87. The van der Waals surface area contributed by atoms with Gasteiger partial charge in [-0.2, -0.15) is 14.9 Å². The maximum atomic E-state index is 11.7. The molecule has 0 atom stereocenters. The summed E-state index contributed by atoms with van der Waals surface area (Å²) in [6.45, 7) is 10.5. The third-order valence-electron chi connectivity index (χ3n) is 2.51. The Balaban J connectivity index is 0.000000377. The molecule has 0 radical (unpaired) electrons. The van der Waals surface area contributed by atoms with E-state index in [4.69, 9.17) is 14.6 Å². The number of aromatic carboxylic acids is 1. The van der Waals surface area contributed by atoms with Gasteiger partial charge in [0.1, 0.15) is 16.9 Å². The summed E-state index contributed by atoms with van der Waals surface area (Å²) in [4.78, 5) is 33.4. The molecule has 148 valence electrons. The lowest BCUT2D eigenvalue weighted by Gasteiger charge is -2.19. The highest BCUT2D eigenvalue weighted by Crippen LogP contribution is 2.12. The predicted octanol–water partition coefficient (Wildman–Crippen LogP) is 2.73. The fourth-order valence-corrected chi connectivity index (χ4v) is 1.55. The Bertz CT molecular complexity index is 739. The van der Waals surface area contributed by atoms with E-state index in [0.29, 0.717) is 0 Å². The number of H-pyrrole nitrogens is 1. The van der Waals surface area contributed by atoms with E-state index in [0.717, 1.165) is 4.68 Å². The van der Waals surface area contributed by atoms with Gasteiger partial charge in [-0.25, -0.2) is 14.4 Å². The van der Waals surface area contributed by atoms with Crippen molar-refractivity contribution in [2.75, 3.05) is 0 Å². The highest BCUT2D eigenvalue weighted by Gasteiger charge is 2.22. The number of aromatic nitrogens is 4. The molecule has 0 spiro atoms. The minimum atomic E-state index is -0.984. The van der Waals surface area contributed by atoms with Crippen molar-refractivity contribution < 1.29 is 29.0 Å². The van der Waals surface area contributed by atoms with Crippen LogP contribution in [0.1, 0.15) is 62.5 Å². The number of carbonyl (C=O) groups excluding carboxylic acids is 2. The molecule has 2 rings (SSSR count). The number of hydrogen-bond acceptors (Lipinski definition) is 7. The number of rotatable bonds is 2. The van der Waals surface area contributed by atoms with E-state index in [1.165, 1.54) is 24.5 Å². The Hall–Kier alpha value is -3.17. The van der Waals surface area contributed by atoms with Crippen LogP contribution >= 0.6 is 0 Å². The summed E-state index contributed by atoms with van der Waals surface area (Å²) in [6.07, 6.45) is 2.12. The normalized spacial score (nSPS) is 11.2. The second-order valence-corrected chi connectivity index (χ2v) is 7.40. The van der Waals surface area contributed by atoms with Crippen molar-refractivity contribution in [2.45, 2.75) is 52.7 Å². The lowest BCUT2D eigenvalue weighted by atomic mass is 10.2. The van der Waals surface area contributed by atoms with Gasteiger partial charge in [0.15, 0.2) is 5.69 Å². The van der Waals surface area contributed by atoms with Crippen LogP contribution in [0.4, 0.5) is 4.79 Å². The number of carbonyl (C=O) groups is 3. The highest BCUT2D eigenvalue weighted by atomic mass is 16.6. The van der Waals surface area contributed by atoms with Crippen molar-refractivity contribution in [3.63, 3.8) is 0 Å². The molecule has 2 aromatic rings. The molecule has 27 heavy (non-hydrogen) atoms. The molecule has 0 aliphatic rings. The lowest BCUT2D eigenvalue weighted by Crippen LogP contribution is -2.28. The lowest BCUT2D eigenvalue weighted by molar-refractivity contribution is 0.00619. The maximum absolute atomic E-state index is 11.7. The van der Waals surface area contributed by atoms with Gasteiger partial charge in [-0.1, -0.05) is 0 Å². The van der Waals surface area contributed by atoms with E-state index in [2.05, 4.69) is 15.3 Å². The molecule has 0 bridgehead atoms. The van der Waals surface area contributed by atoms with Crippen LogP contribution in [-0.2, 0) is 9.47 Å². The molecule has 10 heteroatoms. The van der Waals surface area contributed by atoms with Crippen molar-refractivity contribution in [1.82, 2.24) is 20.0 Å². The number of aromatic amines is 1. The minimum absolute atomic E-state index is 0.0702. The molecule has 0 aromatic carbocycles. The molecule has 2 N–H and O–H groups in total. The molecule has 0 aliphatic heterocycles. The summed E-state index contributed by atoms with van der Waals surface area (Å²) in [5.74, 6) is -1.56.